The van der Waals surface area contributed by atoms with Crippen molar-refractivity contribution in [1.29, 1.82) is 0 Å². The molecule has 0 radical (unpaired) electrons. The quantitative estimate of drug-likeness (QED) is 0.109. The van der Waals surface area contributed by atoms with E-state index in [1.165, 1.54) is 18.2 Å². The predicted octanol–water partition coefficient (Wildman–Crippen LogP) is 7.00. The van der Waals surface area contributed by atoms with E-state index in [0.29, 0.717) is 41.2 Å². The van der Waals surface area contributed by atoms with Crippen LogP contribution in [0.1, 0.15) is 131 Å². The van der Waals surface area contributed by atoms with Crippen LogP contribution in [0.3, 0.4) is 0 Å². The molecule has 5 amide bonds. The van der Waals surface area contributed by atoms with Crippen molar-refractivity contribution in [3.8, 4) is 0 Å². The number of hydrogen-bond donors (Lipinski definition) is 4. The summed E-state index contributed by atoms with van der Waals surface area (Å²) in [5, 5.41) is 20.5. The molecule has 1 atom stereocenters. The number of thiazole rings is 1. The lowest BCUT2D eigenvalue weighted by Gasteiger charge is -2.36. The van der Waals surface area contributed by atoms with Gasteiger partial charge in [-0.2, -0.15) is 0 Å². The molecule has 0 spiro atoms. The van der Waals surface area contributed by atoms with Gasteiger partial charge in [0.15, 0.2) is 0 Å². The van der Waals surface area contributed by atoms with Crippen LogP contribution in [0.4, 0.5) is 20.2 Å². The van der Waals surface area contributed by atoms with E-state index in [-0.39, 0.29) is 29.7 Å². The lowest BCUT2D eigenvalue weighted by molar-refractivity contribution is -0.136. The molecule has 5 heterocycles. The summed E-state index contributed by atoms with van der Waals surface area (Å²) in [5.74, 6) is -1.22. The molecule has 1 saturated carbocycles. The number of aliphatic hydroxyl groups is 1. The van der Waals surface area contributed by atoms with Crippen LogP contribution in [-0.2, 0) is 15.2 Å². The molecule has 2 aromatic heterocycles. The molecule has 4 aromatic rings. The Balaban J connectivity index is 0.809. The number of carbonyl (C=O) groups is 5. The monoisotopic (exact) mass is 841 g/mol. The Hall–Kier alpha value is -5.19. The number of nitrogens with zero attached hydrogens (tertiary/aromatic N) is 4. The predicted molar refractivity (Wildman–Crippen MR) is 222 cm³/mol. The standard InChI is InChI=1S/C44H49F2N7O6S/c1-44(2,59)28-21-33-35(22-32(28)49-39(55)31-8-4-7-30(48-31)38(45)46)60-41(50-33)26-11-9-25(10-12-26)23-52-19-16-24(17-20-52)15-18-47-29-6-3-5-27-37(29)43(58)53(42(27)57)34-13-14-36(54)51-40(34)56/h3-8,21-22,24-26,34,38,47,59H,9-20,23H2,1-2H3,(H,49,55)(H,51,54,56)/t25-,26-,34?. The number of rotatable bonds is 12. The molecule has 4 aliphatic rings. The Morgan fingerprint density at radius 1 is 0.933 bits per heavy atom. The average molecular weight is 842 g/mol. The van der Waals surface area contributed by atoms with E-state index in [1.807, 2.05) is 0 Å². The topological polar surface area (TPSA) is 174 Å². The number of anilines is 2. The molecule has 2 saturated heterocycles. The molecule has 1 aliphatic carbocycles. The SMILES string of the molecule is CC(C)(O)c1cc2nc([C@H]3CC[C@H](CN4CCC(CCNc5cccc6c5C(=O)N(C5CCC(=O)NC5=O)C6=O)CC4)CC3)sc2cc1NC(=O)c1cccc(C(F)F)n1. The number of hydrogen-bond acceptors (Lipinski definition) is 11. The number of nitrogens with one attached hydrogen (secondary N) is 3. The number of pyridine rings is 1. The van der Waals surface area contributed by atoms with Gasteiger partial charge in [-0.3, -0.25) is 34.2 Å². The van der Waals surface area contributed by atoms with Crippen LogP contribution in [0.5, 0.6) is 0 Å². The number of fused-ring (bicyclic) bond motifs is 2. The fraction of sp³-hybridized carbons (Fsp3) is 0.477. The summed E-state index contributed by atoms with van der Waals surface area (Å²) in [5.41, 5.74) is 0.827. The zero-order chi connectivity index (χ0) is 42.3. The van der Waals surface area contributed by atoms with E-state index in [4.69, 9.17) is 4.98 Å². The number of carbonyl (C=O) groups excluding carboxylic acids is 5. The number of benzene rings is 2. The first-order chi connectivity index (χ1) is 28.7. The van der Waals surface area contributed by atoms with Crippen LogP contribution in [0.15, 0.2) is 48.5 Å². The van der Waals surface area contributed by atoms with Gasteiger partial charge in [-0.15, -0.1) is 11.3 Å². The summed E-state index contributed by atoms with van der Waals surface area (Å²) in [4.78, 5) is 76.2. The highest BCUT2D eigenvalue weighted by atomic mass is 32.1. The van der Waals surface area contributed by atoms with E-state index in [0.717, 1.165) is 84.7 Å². The second kappa shape index (κ2) is 17.1. The third-order valence-corrected chi connectivity index (χ3v) is 13.6. The number of likely N-dealkylation sites (tertiary alicyclic amines) is 1. The summed E-state index contributed by atoms with van der Waals surface area (Å²) in [6.45, 7) is 7.05. The molecule has 1 unspecified atom stereocenters. The Labute approximate surface area is 350 Å². The number of alkyl halides is 2. The lowest BCUT2D eigenvalue weighted by atomic mass is 9.81. The van der Waals surface area contributed by atoms with E-state index in [9.17, 15) is 37.9 Å². The van der Waals surface area contributed by atoms with Crippen molar-refractivity contribution in [1.82, 2.24) is 25.1 Å². The maximum absolute atomic E-state index is 13.4. The normalized spacial score (nSPS) is 21.8. The van der Waals surface area contributed by atoms with Gasteiger partial charge < -0.3 is 20.6 Å². The molecule has 3 fully saturated rings. The van der Waals surface area contributed by atoms with Crippen LogP contribution in [-0.4, -0.2) is 86.6 Å². The summed E-state index contributed by atoms with van der Waals surface area (Å²) < 4.78 is 27.3. The summed E-state index contributed by atoms with van der Waals surface area (Å²) in [7, 11) is 0. The first-order valence-corrected chi connectivity index (χ1v) is 21.6. The Morgan fingerprint density at radius 3 is 2.40 bits per heavy atom. The Morgan fingerprint density at radius 2 is 1.68 bits per heavy atom. The molecular formula is C44H49F2N7O6S. The smallest absolute Gasteiger partial charge is 0.280 e. The second-order valence-corrected chi connectivity index (χ2v) is 18.1. The Kier molecular flexibility index (Phi) is 11.8. The van der Waals surface area contributed by atoms with Gasteiger partial charge in [-0.05, 0) is 127 Å². The lowest BCUT2D eigenvalue weighted by Crippen LogP contribution is -2.54. The van der Waals surface area contributed by atoms with E-state index >= 15 is 0 Å². The average Bonchev–Trinajstić information content (AvgIpc) is 3.75. The van der Waals surface area contributed by atoms with E-state index < -0.39 is 53.3 Å². The van der Waals surface area contributed by atoms with E-state index in [1.54, 1.807) is 55.5 Å². The molecule has 0 bridgehead atoms. The number of piperidine rings is 2. The summed E-state index contributed by atoms with van der Waals surface area (Å²) >= 11 is 1.59. The second-order valence-electron chi connectivity index (χ2n) is 17.0. The van der Waals surface area contributed by atoms with Crippen LogP contribution in [0.2, 0.25) is 0 Å². The van der Waals surface area contributed by atoms with Crippen molar-refractivity contribution in [2.24, 2.45) is 11.8 Å². The van der Waals surface area contributed by atoms with Gasteiger partial charge in [0.05, 0.1) is 32.0 Å². The highest BCUT2D eigenvalue weighted by Gasteiger charge is 2.45. The van der Waals surface area contributed by atoms with Crippen LogP contribution >= 0.6 is 11.3 Å². The number of imide groups is 2. The largest absolute Gasteiger partial charge is 0.386 e. The fourth-order valence-electron chi connectivity index (χ4n) is 9.15. The summed E-state index contributed by atoms with van der Waals surface area (Å²) in [6, 6.07) is 11.7. The molecule has 16 heteroatoms. The first-order valence-electron chi connectivity index (χ1n) is 20.8. The molecule has 4 N–H and O–H groups in total. The minimum atomic E-state index is -2.80. The molecule has 316 valence electrons. The Bertz CT molecular complexity index is 2330. The van der Waals surface area contributed by atoms with Crippen LogP contribution < -0.4 is 16.0 Å². The first kappa shape index (κ1) is 41.5. The fourth-order valence-corrected chi connectivity index (χ4v) is 10.3. The molecule has 13 nitrogen and oxygen atoms in total. The molecule has 2 aromatic carbocycles. The van der Waals surface area contributed by atoms with Crippen molar-refractivity contribution >= 4 is 62.5 Å². The highest BCUT2D eigenvalue weighted by Crippen LogP contribution is 2.42. The van der Waals surface area contributed by atoms with Gasteiger partial charge in [0.1, 0.15) is 17.4 Å². The third-order valence-electron chi connectivity index (χ3n) is 12.4. The van der Waals surface area contributed by atoms with Gasteiger partial charge in [0.25, 0.3) is 24.1 Å². The van der Waals surface area contributed by atoms with Gasteiger partial charge in [-0.25, -0.2) is 18.7 Å². The van der Waals surface area contributed by atoms with Gasteiger partial charge in [0, 0.05) is 42.4 Å². The van der Waals surface area contributed by atoms with Crippen molar-refractivity contribution in [3.63, 3.8) is 0 Å². The van der Waals surface area contributed by atoms with Crippen LogP contribution in [0, 0.1) is 11.8 Å². The van der Waals surface area contributed by atoms with Crippen molar-refractivity contribution in [3.05, 3.63) is 81.6 Å². The van der Waals surface area contributed by atoms with E-state index in [2.05, 4.69) is 25.8 Å². The third kappa shape index (κ3) is 8.68. The zero-order valence-electron chi connectivity index (χ0n) is 33.6. The number of halogens is 2. The molecule has 60 heavy (non-hydrogen) atoms. The zero-order valence-corrected chi connectivity index (χ0v) is 34.5. The maximum Gasteiger partial charge on any atom is 0.280 e. The van der Waals surface area contributed by atoms with Crippen molar-refractivity contribution in [2.75, 3.05) is 36.8 Å². The molecular weight excluding hydrogens is 793 g/mol. The van der Waals surface area contributed by atoms with Crippen molar-refractivity contribution < 1.29 is 37.9 Å². The highest BCUT2D eigenvalue weighted by molar-refractivity contribution is 7.18. The van der Waals surface area contributed by atoms with Gasteiger partial charge in [-0.1, -0.05) is 12.1 Å². The minimum Gasteiger partial charge on any atom is -0.386 e. The molecule has 3 aliphatic heterocycles. The number of aromatic nitrogens is 2. The minimum absolute atomic E-state index is 0.0776. The maximum atomic E-state index is 13.4. The van der Waals surface area contributed by atoms with Gasteiger partial charge >= 0.3 is 0 Å². The van der Waals surface area contributed by atoms with Crippen molar-refractivity contribution in [2.45, 2.75) is 95.6 Å². The van der Waals surface area contributed by atoms with Crippen LogP contribution in [0.25, 0.3) is 10.2 Å². The van der Waals surface area contributed by atoms with Gasteiger partial charge in [0.2, 0.25) is 11.8 Å². The number of amides is 5. The summed E-state index contributed by atoms with van der Waals surface area (Å²) in [6.07, 6.45) is 4.78. The molecule has 8 rings (SSSR count).